The number of sulfonamides is 1. The summed E-state index contributed by atoms with van der Waals surface area (Å²) < 4.78 is 27.6. The molecule has 10 nitrogen and oxygen atoms in total. The molecule has 12 heteroatoms. The number of nitro groups is 1. The van der Waals surface area contributed by atoms with Crippen LogP contribution < -0.4 is 9.62 Å². The third-order valence-corrected chi connectivity index (χ3v) is 8.03. The largest absolute Gasteiger partial charge is 0.354 e. The van der Waals surface area contributed by atoms with Gasteiger partial charge in [0.25, 0.3) is 5.69 Å². The fraction of sp³-hybridized carbons (Fsp3) is 0.310. The second kappa shape index (κ2) is 14.2. The number of non-ortho nitro benzene ring substituents is 1. The Morgan fingerprint density at radius 2 is 1.71 bits per heavy atom. The number of rotatable bonds is 13. The van der Waals surface area contributed by atoms with E-state index in [2.05, 4.69) is 21.2 Å². The number of hydrogen-bond donors (Lipinski definition) is 1. The van der Waals surface area contributed by atoms with E-state index in [1.807, 2.05) is 55.5 Å². The van der Waals surface area contributed by atoms with Gasteiger partial charge in [-0.2, -0.15) is 0 Å². The lowest BCUT2D eigenvalue weighted by molar-refractivity contribution is -0.384. The van der Waals surface area contributed by atoms with Gasteiger partial charge in [0, 0.05) is 36.1 Å². The standard InChI is InChI=1S/C29H33BrN4O6S/c1-4-15-31-29(36)27(17-22-9-6-5-7-10-22)32(19-23-11-8-12-24(30)16-23)28(35)20-33(41(3,39)40)26-18-25(34(37)38)14-13-21(26)2/h5-14,16,18,27H,4,15,17,19-20H2,1-3H3,(H,31,36). The van der Waals surface area contributed by atoms with Gasteiger partial charge in [0.15, 0.2) is 0 Å². The minimum absolute atomic E-state index is 0.0208. The van der Waals surface area contributed by atoms with E-state index < -0.39 is 33.4 Å². The molecule has 0 heterocycles. The summed E-state index contributed by atoms with van der Waals surface area (Å²) in [6.07, 6.45) is 1.83. The zero-order valence-corrected chi connectivity index (χ0v) is 25.5. The van der Waals surface area contributed by atoms with Crippen LogP contribution in [0.5, 0.6) is 0 Å². The molecule has 218 valence electrons. The van der Waals surface area contributed by atoms with E-state index in [4.69, 9.17) is 0 Å². The lowest BCUT2D eigenvalue weighted by Gasteiger charge is -2.33. The first kappa shape index (κ1) is 31.8. The highest BCUT2D eigenvalue weighted by Crippen LogP contribution is 2.28. The minimum atomic E-state index is -4.05. The molecule has 0 bridgehead atoms. The first-order valence-corrected chi connectivity index (χ1v) is 15.6. The van der Waals surface area contributed by atoms with Gasteiger partial charge in [-0.25, -0.2) is 8.42 Å². The normalized spacial score (nSPS) is 11.9. The van der Waals surface area contributed by atoms with Crippen LogP contribution in [0.25, 0.3) is 0 Å². The Labute approximate surface area is 248 Å². The molecule has 0 radical (unpaired) electrons. The van der Waals surface area contributed by atoms with E-state index in [1.54, 1.807) is 13.0 Å². The molecular weight excluding hydrogens is 612 g/mol. The van der Waals surface area contributed by atoms with E-state index in [9.17, 15) is 28.1 Å². The summed E-state index contributed by atoms with van der Waals surface area (Å²) in [5, 5.41) is 14.3. The number of nitrogens with one attached hydrogen (secondary N) is 1. The van der Waals surface area contributed by atoms with Crippen LogP contribution in [0.3, 0.4) is 0 Å². The lowest BCUT2D eigenvalue weighted by atomic mass is 10.0. The smallest absolute Gasteiger partial charge is 0.271 e. The van der Waals surface area contributed by atoms with E-state index >= 15 is 0 Å². The van der Waals surface area contributed by atoms with Gasteiger partial charge < -0.3 is 10.2 Å². The van der Waals surface area contributed by atoms with Gasteiger partial charge in [0.05, 0.1) is 16.9 Å². The summed E-state index contributed by atoms with van der Waals surface area (Å²) >= 11 is 3.44. The number of halogens is 1. The van der Waals surface area contributed by atoms with Crippen LogP contribution in [0.2, 0.25) is 0 Å². The molecule has 2 amide bonds. The van der Waals surface area contributed by atoms with Crippen LogP contribution in [0, 0.1) is 17.0 Å². The van der Waals surface area contributed by atoms with Gasteiger partial charge in [-0.15, -0.1) is 0 Å². The fourth-order valence-electron chi connectivity index (χ4n) is 4.33. The number of hydrogen-bond acceptors (Lipinski definition) is 6. The van der Waals surface area contributed by atoms with E-state index in [1.165, 1.54) is 17.0 Å². The topological polar surface area (TPSA) is 130 Å². The first-order valence-electron chi connectivity index (χ1n) is 13.0. The second-order valence-electron chi connectivity index (χ2n) is 9.65. The molecule has 3 aromatic rings. The molecule has 41 heavy (non-hydrogen) atoms. The summed E-state index contributed by atoms with van der Waals surface area (Å²) in [6.45, 7) is 3.31. The maximum Gasteiger partial charge on any atom is 0.271 e. The van der Waals surface area contributed by atoms with E-state index in [0.717, 1.165) is 32.2 Å². The molecule has 0 saturated carbocycles. The molecule has 0 aliphatic rings. The van der Waals surface area contributed by atoms with Gasteiger partial charge >= 0.3 is 0 Å². The van der Waals surface area contributed by atoms with Gasteiger partial charge in [0.2, 0.25) is 21.8 Å². The third kappa shape index (κ3) is 8.86. The van der Waals surface area contributed by atoms with Crippen LogP contribution >= 0.6 is 15.9 Å². The predicted molar refractivity (Wildman–Crippen MR) is 162 cm³/mol. The quantitative estimate of drug-likeness (QED) is 0.214. The second-order valence-corrected chi connectivity index (χ2v) is 12.5. The highest BCUT2D eigenvalue weighted by atomic mass is 79.9. The van der Waals surface area contributed by atoms with Crippen molar-refractivity contribution in [3.63, 3.8) is 0 Å². The van der Waals surface area contributed by atoms with Crippen molar-refractivity contribution in [1.82, 2.24) is 10.2 Å². The number of aryl methyl sites for hydroxylation is 1. The highest BCUT2D eigenvalue weighted by Gasteiger charge is 2.33. The van der Waals surface area contributed by atoms with Crippen molar-refractivity contribution in [2.24, 2.45) is 0 Å². The zero-order chi connectivity index (χ0) is 30.2. The van der Waals surface area contributed by atoms with Crippen molar-refractivity contribution in [2.45, 2.75) is 39.3 Å². The third-order valence-electron chi connectivity index (χ3n) is 6.41. The molecular formula is C29H33BrN4O6S. The summed E-state index contributed by atoms with van der Waals surface area (Å²) in [7, 11) is -4.05. The minimum Gasteiger partial charge on any atom is -0.354 e. The Morgan fingerprint density at radius 3 is 2.32 bits per heavy atom. The van der Waals surface area contributed by atoms with Gasteiger partial charge in [-0.1, -0.05) is 71.4 Å². The maximum absolute atomic E-state index is 14.1. The zero-order valence-electron chi connectivity index (χ0n) is 23.1. The Bertz CT molecular complexity index is 1500. The summed E-state index contributed by atoms with van der Waals surface area (Å²) in [4.78, 5) is 39.8. The van der Waals surface area contributed by atoms with Crippen molar-refractivity contribution in [2.75, 3.05) is 23.7 Å². The van der Waals surface area contributed by atoms with E-state index in [-0.39, 0.29) is 30.2 Å². The SMILES string of the molecule is CCCNC(=O)C(Cc1ccccc1)N(Cc1cccc(Br)c1)C(=O)CN(c1cc([N+](=O)[O-])ccc1C)S(C)(=O)=O. The summed E-state index contributed by atoms with van der Waals surface area (Å²) in [5.41, 5.74) is 1.71. The number of carbonyl (C=O) groups is 2. The van der Waals surface area contributed by atoms with Crippen molar-refractivity contribution >= 4 is 49.1 Å². The van der Waals surface area contributed by atoms with Gasteiger partial charge in [-0.05, 0) is 42.2 Å². The number of benzene rings is 3. The number of amides is 2. The molecule has 3 aromatic carbocycles. The Hall–Kier alpha value is -3.77. The molecule has 3 rings (SSSR count). The molecule has 0 aliphatic heterocycles. The molecule has 0 spiro atoms. The highest BCUT2D eigenvalue weighted by molar-refractivity contribution is 9.10. The van der Waals surface area contributed by atoms with Gasteiger partial charge in [-0.3, -0.25) is 24.0 Å². The number of anilines is 1. The van der Waals surface area contributed by atoms with Crippen molar-refractivity contribution < 1.29 is 22.9 Å². The number of nitro benzene ring substituents is 1. The Kier molecular flexibility index (Phi) is 11.0. The van der Waals surface area contributed by atoms with Crippen LogP contribution in [0.15, 0.2) is 77.3 Å². The van der Waals surface area contributed by atoms with Crippen molar-refractivity contribution in [3.05, 3.63) is 104 Å². The molecule has 1 N–H and O–H groups in total. The fourth-order valence-corrected chi connectivity index (χ4v) is 5.67. The van der Waals surface area contributed by atoms with Crippen LogP contribution in [0.4, 0.5) is 11.4 Å². The summed E-state index contributed by atoms with van der Waals surface area (Å²) in [5.74, 6) is -0.995. The van der Waals surface area contributed by atoms with Crippen LogP contribution in [0.1, 0.15) is 30.0 Å². The van der Waals surface area contributed by atoms with E-state index in [0.29, 0.717) is 18.5 Å². The van der Waals surface area contributed by atoms with Crippen LogP contribution in [-0.4, -0.2) is 55.4 Å². The Balaban J connectivity index is 2.09. The monoisotopic (exact) mass is 644 g/mol. The van der Waals surface area contributed by atoms with Gasteiger partial charge in [0.1, 0.15) is 12.6 Å². The first-order chi connectivity index (χ1) is 19.4. The molecule has 0 aliphatic carbocycles. The van der Waals surface area contributed by atoms with Crippen molar-refractivity contribution in [3.8, 4) is 0 Å². The summed E-state index contributed by atoms with van der Waals surface area (Å²) in [6, 6.07) is 19.4. The molecule has 1 atom stereocenters. The van der Waals surface area contributed by atoms with Crippen molar-refractivity contribution in [1.29, 1.82) is 0 Å². The predicted octanol–water partition coefficient (Wildman–Crippen LogP) is 4.60. The lowest BCUT2D eigenvalue weighted by Crippen LogP contribution is -2.53. The molecule has 0 fully saturated rings. The Morgan fingerprint density at radius 1 is 1.02 bits per heavy atom. The van der Waals surface area contributed by atoms with Crippen LogP contribution in [-0.2, 0) is 32.6 Å². The average Bonchev–Trinajstić information content (AvgIpc) is 2.92. The maximum atomic E-state index is 14.1. The molecule has 0 aromatic heterocycles. The number of carbonyl (C=O) groups excluding carboxylic acids is 2. The average molecular weight is 646 g/mol. The molecule has 1 unspecified atom stereocenters. The number of nitrogens with zero attached hydrogens (tertiary/aromatic N) is 3. The molecule has 0 saturated heterocycles.